The molecule has 0 atom stereocenters. The second-order valence-corrected chi connectivity index (χ2v) is 5.78. The number of carbonyl (C=O) groups is 1. The van der Waals surface area contributed by atoms with Crippen LogP contribution >= 0.6 is 24.0 Å². The van der Waals surface area contributed by atoms with Crippen LogP contribution in [0.25, 0.3) is 0 Å². The Bertz CT molecular complexity index is 510. The second-order valence-electron chi connectivity index (χ2n) is 5.78. The van der Waals surface area contributed by atoms with E-state index in [2.05, 4.69) is 22.5 Å². The average molecular weight is 430 g/mol. The van der Waals surface area contributed by atoms with Crippen molar-refractivity contribution in [2.45, 2.75) is 51.5 Å². The maximum Gasteiger partial charge on any atom is 0.242 e. The van der Waals surface area contributed by atoms with Crippen LogP contribution in [0.5, 0.6) is 0 Å². The normalized spacial score (nSPS) is 15.6. The van der Waals surface area contributed by atoms with Gasteiger partial charge in [0.05, 0.1) is 0 Å². The van der Waals surface area contributed by atoms with Gasteiger partial charge in [-0.25, -0.2) is 4.99 Å². The van der Waals surface area contributed by atoms with Gasteiger partial charge in [-0.1, -0.05) is 38.3 Å². The average Bonchev–Trinajstić information content (AvgIpc) is 2.55. The molecule has 5 nitrogen and oxygen atoms in total. The Kier molecular flexibility index (Phi) is 8.98. The van der Waals surface area contributed by atoms with Crippen LogP contribution in [0.1, 0.15) is 44.6 Å². The van der Waals surface area contributed by atoms with Crippen LogP contribution < -0.4 is 16.4 Å². The van der Waals surface area contributed by atoms with Crippen LogP contribution in [0.3, 0.4) is 0 Å². The summed E-state index contributed by atoms with van der Waals surface area (Å²) < 4.78 is 0. The molecule has 2 rings (SSSR count). The number of carbonyl (C=O) groups excluding carboxylic acids is 1. The van der Waals surface area contributed by atoms with Crippen molar-refractivity contribution in [3.63, 3.8) is 0 Å². The Morgan fingerprint density at radius 3 is 2.48 bits per heavy atom. The maximum absolute atomic E-state index is 11.9. The number of rotatable bonds is 5. The predicted octanol–water partition coefficient (Wildman–Crippen LogP) is 3.04. The molecule has 0 heterocycles. The van der Waals surface area contributed by atoms with Crippen LogP contribution in [0.4, 0.5) is 5.69 Å². The van der Waals surface area contributed by atoms with Crippen LogP contribution in [-0.2, 0) is 11.2 Å². The molecule has 1 aliphatic rings. The van der Waals surface area contributed by atoms with Gasteiger partial charge < -0.3 is 16.4 Å². The SMILES string of the molecule is CCc1ccc(NC(N)=NCC(=O)NC2CCCCC2)cc1.I. The quantitative estimate of drug-likeness (QED) is 0.382. The summed E-state index contributed by atoms with van der Waals surface area (Å²) in [6, 6.07) is 8.33. The highest BCUT2D eigenvalue weighted by Crippen LogP contribution is 2.17. The van der Waals surface area contributed by atoms with E-state index in [-0.39, 0.29) is 42.4 Å². The lowest BCUT2D eigenvalue weighted by Crippen LogP contribution is -2.38. The summed E-state index contributed by atoms with van der Waals surface area (Å²) in [5, 5.41) is 6.02. The van der Waals surface area contributed by atoms with E-state index in [9.17, 15) is 4.79 Å². The molecule has 1 aromatic carbocycles. The highest BCUT2D eigenvalue weighted by Gasteiger charge is 2.15. The van der Waals surface area contributed by atoms with E-state index in [1.165, 1.54) is 24.8 Å². The molecule has 1 aliphatic carbocycles. The molecule has 0 bridgehead atoms. The molecule has 23 heavy (non-hydrogen) atoms. The van der Waals surface area contributed by atoms with Gasteiger partial charge in [-0.15, -0.1) is 24.0 Å². The van der Waals surface area contributed by atoms with Crippen molar-refractivity contribution in [1.82, 2.24) is 5.32 Å². The number of aryl methyl sites for hydroxylation is 1. The predicted molar refractivity (Wildman–Crippen MR) is 106 cm³/mol. The van der Waals surface area contributed by atoms with Crippen molar-refractivity contribution in [3.05, 3.63) is 29.8 Å². The lowest BCUT2D eigenvalue weighted by molar-refractivity contribution is -0.120. The van der Waals surface area contributed by atoms with Crippen LogP contribution in [-0.4, -0.2) is 24.5 Å². The van der Waals surface area contributed by atoms with Crippen molar-refractivity contribution >= 4 is 41.5 Å². The first-order valence-corrected chi connectivity index (χ1v) is 8.12. The van der Waals surface area contributed by atoms with Gasteiger partial charge in [0.25, 0.3) is 0 Å². The van der Waals surface area contributed by atoms with Crippen LogP contribution in [0.15, 0.2) is 29.3 Å². The first kappa shape index (κ1) is 19.7. The van der Waals surface area contributed by atoms with E-state index in [0.717, 1.165) is 24.9 Å². The first-order valence-electron chi connectivity index (χ1n) is 8.12. The van der Waals surface area contributed by atoms with Crippen LogP contribution in [0.2, 0.25) is 0 Å². The molecule has 128 valence electrons. The number of nitrogens with two attached hydrogens (primary N) is 1. The van der Waals surface area contributed by atoms with Crippen molar-refractivity contribution in [2.75, 3.05) is 11.9 Å². The molecule has 1 fully saturated rings. The maximum atomic E-state index is 11.9. The minimum absolute atomic E-state index is 0. The van der Waals surface area contributed by atoms with Crippen molar-refractivity contribution in [3.8, 4) is 0 Å². The zero-order valence-corrected chi connectivity index (χ0v) is 16.0. The number of halogens is 1. The van der Waals surface area contributed by atoms with E-state index in [0.29, 0.717) is 6.04 Å². The first-order chi connectivity index (χ1) is 10.7. The third-order valence-corrected chi connectivity index (χ3v) is 4.00. The van der Waals surface area contributed by atoms with Gasteiger partial charge in [-0.2, -0.15) is 0 Å². The summed E-state index contributed by atoms with van der Waals surface area (Å²) in [5.74, 6) is 0.209. The molecular formula is C17H27IN4O. The third kappa shape index (κ3) is 7.20. The highest BCUT2D eigenvalue weighted by atomic mass is 127. The monoisotopic (exact) mass is 430 g/mol. The van der Waals surface area contributed by atoms with Gasteiger partial charge in [0, 0.05) is 11.7 Å². The van der Waals surface area contributed by atoms with Gasteiger partial charge in [0.2, 0.25) is 5.91 Å². The molecule has 0 unspecified atom stereocenters. The number of hydrogen-bond donors (Lipinski definition) is 3. The zero-order valence-electron chi connectivity index (χ0n) is 13.7. The Hall–Kier alpha value is -1.31. The van der Waals surface area contributed by atoms with Gasteiger partial charge in [-0.3, -0.25) is 4.79 Å². The molecule has 1 amide bonds. The summed E-state index contributed by atoms with van der Waals surface area (Å²) in [4.78, 5) is 15.9. The topological polar surface area (TPSA) is 79.5 Å². The standard InChI is InChI=1S/C17H26N4O.HI/c1-2-13-8-10-15(11-9-13)21-17(18)19-12-16(22)20-14-6-4-3-5-7-14;/h8-11,14H,2-7,12H2,1H3,(H,20,22)(H3,18,19,21);1H. The number of amides is 1. The number of guanidine groups is 1. The Balaban J connectivity index is 0.00000264. The van der Waals surface area contributed by atoms with Gasteiger partial charge in [-0.05, 0) is 37.0 Å². The van der Waals surface area contributed by atoms with E-state index in [1.807, 2.05) is 24.3 Å². The zero-order chi connectivity index (χ0) is 15.8. The van der Waals surface area contributed by atoms with Gasteiger partial charge in [0.1, 0.15) is 6.54 Å². The minimum atomic E-state index is -0.0574. The Labute approximate surface area is 155 Å². The summed E-state index contributed by atoms with van der Waals surface area (Å²) >= 11 is 0. The Morgan fingerprint density at radius 1 is 1.22 bits per heavy atom. The van der Waals surface area contributed by atoms with Crippen molar-refractivity contribution in [1.29, 1.82) is 0 Å². The molecule has 0 spiro atoms. The smallest absolute Gasteiger partial charge is 0.242 e. The highest BCUT2D eigenvalue weighted by molar-refractivity contribution is 14.0. The molecule has 0 aromatic heterocycles. The van der Waals surface area contributed by atoms with E-state index < -0.39 is 0 Å². The summed E-state index contributed by atoms with van der Waals surface area (Å²) in [7, 11) is 0. The lowest BCUT2D eigenvalue weighted by atomic mass is 9.95. The Morgan fingerprint density at radius 2 is 1.87 bits per heavy atom. The summed E-state index contributed by atoms with van der Waals surface area (Å²) in [6.07, 6.45) is 6.83. The fourth-order valence-corrected chi connectivity index (χ4v) is 2.69. The number of hydrogen-bond acceptors (Lipinski definition) is 2. The lowest BCUT2D eigenvalue weighted by Gasteiger charge is -2.22. The number of anilines is 1. The molecule has 1 saturated carbocycles. The summed E-state index contributed by atoms with van der Waals surface area (Å²) in [5.41, 5.74) is 7.97. The number of nitrogens with one attached hydrogen (secondary N) is 2. The fraction of sp³-hybridized carbons (Fsp3) is 0.529. The van der Waals surface area contributed by atoms with Crippen LogP contribution in [0, 0.1) is 0 Å². The largest absolute Gasteiger partial charge is 0.370 e. The number of benzene rings is 1. The third-order valence-electron chi connectivity index (χ3n) is 4.00. The van der Waals surface area contributed by atoms with Crippen molar-refractivity contribution < 1.29 is 4.79 Å². The van der Waals surface area contributed by atoms with E-state index in [1.54, 1.807) is 0 Å². The summed E-state index contributed by atoms with van der Waals surface area (Å²) in [6.45, 7) is 2.19. The van der Waals surface area contributed by atoms with E-state index in [4.69, 9.17) is 5.73 Å². The van der Waals surface area contributed by atoms with Gasteiger partial charge in [0.15, 0.2) is 5.96 Å². The molecule has 1 aromatic rings. The van der Waals surface area contributed by atoms with E-state index >= 15 is 0 Å². The molecule has 4 N–H and O–H groups in total. The molecule has 0 radical (unpaired) electrons. The number of aliphatic imine (C=N–C) groups is 1. The minimum Gasteiger partial charge on any atom is -0.370 e. The molecule has 6 heteroatoms. The fourth-order valence-electron chi connectivity index (χ4n) is 2.69. The number of nitrogens with zero attached hydrogens (tertiary/aromatic N) is 1. The molecule has 0 saturated heterocycles. The molecule has 0 aliphatic heterocycles. The second kappa shape index (κ2) is 10.5. The van der Waals surface area contributed by atoms with Gasteiger partial charge >= 0.3 is 0 Å². The van der Waals surface area contributed by atoms with Crippen molar-refractivity contribution in [2.24, 2.45) is 10.7 Å². The molecular weight excluding hydrogens is 403 g/mol.